The van der Waals surface area contributed by atoms with Crippen LogP contribution >= 0.6 is 0 Å². The quantitative estimate of drug-likeness (QED) is 0.876. The zero-order valence-corrected chi connectivity index (χ0v) is 15.9. The molecule has 2 aliphatic rings. The topological polar surface area (TPSA) is 83.6 Å². The Hall–Kier alpha value is -2.67. The van der Waals surface area contributed by atoms with Gasteiger partial charge < -0.3 is 5.32 Å². The lowest BCUT2D eigenvalue weighted by molar-refractivity contribution is 0.0864. The second-order valence-corrected chi connectivity index (χ2v) is 9.06. The highest BCUT2D eigenvalue weighted by molar-refractivity contribution is 7.90. The van der Waals surface area contributed by atoms with Crippen molar-refractivity contribution in [3.63, 3.8) is 0 Å². The number of carbonyl (C=O) groups excluding carboxylic acids is 2. The van der Waals surface area contributed by atoms with Gasteiger partial charge in [0.2, 0.25) is 0 Å². The van der Waals surface area contributed by atoms with Crippen LogP contribution in [-0.2, 0) is 10.0 Å². The van der Waals surface area contributed by atoms with Crippen LogP contribution in [0.3, 0.4) is 0 Å². The summed E-state index contributed by atoms with van der Waals surface area (Å²) >= 11 is 0. The Morgan fingerprint density at radius 3 is 2.37 bits per heavy atom. The van der Waals surface area contributed by atoms with Crippen LogP contribution in [0, 0.1) is 0 Å². The molecular formula is C20H20N2O4S. The van der Waals surface area contributed by atoms with Gasteiger partial charge in [0.15, 0.2) is 0 Å². The first kappa shape index (κ1) is 17.7. The number of hydrogen-bond acceptors (Lipinski definition) is 4. The summed E-state index contributed by atoms with van der Waals surface area (Å²) in [6.07, 6.45) is 1.39. The van der Waals surface area contributed by atoms with Crippen LogP contribution in [0.1, 0.15) is 58.9 Å². The summed E-state index contributed by atoms with van der Waals surface area (Å²) in [5.74, 6) is -0.519. The number of nitrogens with one attached hydrogen (secondary N) is 1. The monoisotopic (exact) mass is 384 g/mol. The number of amides is 2. The van der Waals surface area contributed by atoms with Crippen molar-refractivity contribution in [3.05, 3.63) is 59.2 Å². The molecule has 0 atom stereocenters. The van der Waals surface area contributed by atoms with Crippen molar-refractivity contribution in [1.29, 1.82) is 0 Å². The molecule has 0 unspecified atom stereocenters. The van der Waals surface area contributed by atoms with E-state index in [1.165, 1.54) is 18.2 Å². The van der Waals surface area contributed by atoms with Gasteiger partial charge in [-0.1, -0.05) is 26.0 Å². The zero-order valence-electron chi connectivity index (χ0n) is 15.1. The third-order valence-corrected chi connectivity index (χ3v) is 6.80. The van der Waals surface area contributed by atoms with Gasteiger partial charge in [0.1, 0.15) is 4.90 Å². The van der Waals surface area contributed by atoms with E-state index in [9.17, 15) is 18.0 Å². The highest BCUT2D eigenvalue weighted by Crippen LogP contribution is 2.39. The molecule has 0 saturated heterocycles. The fraction of sp³-hybridized carbons (Fsp3) is 0.300. The molecule has 1 aliphatic heterocycles. The number of hydrogen-bond donors (Lipinski definition) is 1. The van der Waals surface area contributed by atoms with Crippen molar-refractivity contribution in [3.8, 4) is 0 Å². The van der Waals surface area contributed by atoms with E-state index in [2.05, 4.69) is 19.2 Å². The van der Waals surface area contributed by atoms with Crippen molar-refractivity contribution >= 4 is 27.5 Å². The summed E-state index contributed by atoms with van der Waals surface area (Å²) in [6, 6.07) is 11.5. The SMILES string of the molecule is CC(C)c1ccc(NC(=O)c2ccc3c(c2)S(=O)(=O)N(C2CC2)C3=O)cc1. The molecule has 0 aromatic heterocycles. The molecule has 1 heterocycles. The second kappa shape index (κ2) is 6.20. The Kier molecular flexibility index (Phi) is 4.07. The van der Waals surface area contributed by atoms with E-state index in [1.807, 2.05) is 24.3 Å². The Morgan fingerprint density at radius 1 is 1.11 bits per heavy atom. The Morgan fingerprint density at radius 2 is 1.78 bits per heavy atom. The van der Waals surface area contributed by atoms with Gasteiger partial charge in [-0.3, -0.25) is 9.59 Å². The number of sulfonamides is 1. The molecule has 2 amide bonds. The third-order valence-electron chi connectivity index (χ3n) is 4.92. The molecule has 7 heteroatoms. The van der Waals surface area contributed by atoms with Crippen LogP contribution in [-0.4, -0.2) is 30.6 Å². The number of carbonyl (C=O) groups is 2. The van der Waals surface area contributed by atoms with Crippen LogP contribution in [0.4, 0.5) is 5.69 Å². The summed E-state index contributed by atoms with van der Waals surface area (Å²) in [4.78, 5) is 24.9. The Balaban J connectivity index is 1.60. The smallest absolute Gasteiger partial charge is 0.269 e. The van der Waals surface area contributed by atoms with Crippen molar-refractivity contribution in [1.82, 2.24) is 4.31 Å². The Labute approximate surface area is 158 Å². The van der Waals surface area contributed by atoms with Gasteiger partial charge in [-0.25, -0.2) is 12.7 Å². The van der Waals surface area contributed by atoms with Crippen molar-refractivity contribution in [2.45, 2.75) is 43.5 Å². The van der Waals surface area contributed by atoms with E-state index in [0.717, 1.165) is 9.87 Å². The molecule has 1 N–H and O–H groups in total. The summed E-state index contributed by atoms with van der Waals surface area (Å²) in [5, 5.41) is 2.77. The molecule has 0 radical (unpaired) electrons. The largest absolute Gasteiger partial charge is 0.322 e. The second-order valence-electron chi connectivity index (χ2n) is 7.28. The van der Waals surface area contributed by atoms with Crippen LogP contribution < -0.4 is 5.32 Å². The van der Waals surface area contributed by atoms with Gasteiger partial charge >= 0.3 is 0 Å². The molecule has 27 heavy (non-hydrogen) atoms. The Bertz CT molecular complexity index is 1040. The third kappa shape index (κ3) is 3.02. The van der Waals surface area contributed by atoms with E-state index in [-0.39, 0.29) is 22.1 Å². The van der Waals surface area contributed by atoms with Gasteiger partial charge in [-0.2, -0.15) is 0 Å². The summed E-state index contributed by atoms with van der Waals surface area (Å²) in [5.41, 5.74) is 2.13. The fourth-order valence-corrected chi connectivity index (χ4v) is 5.05. The maximum Gasteiger partial charge on any atom is 0.269 e. The number of anilines is 1. The van der Waals surface area contributed by atoms with E-state index in [0.29, 0.717) is 24.4 Å². The molecule has 4 rings (SSSR count). The molecule has 1 saturated carbocycles. The van der Waals surface area contributed by atoms with E-state index < -0.39 is 21.8 Å². The summed E-state index contributed by atoms with van der Waals surface area (Å²) in [7, 11) is -3.87. The van der Waals surface area contributed by atoms with Gasteiger partial charge in [0, 0.05) is 17.3 Å². The maximum absolute atomic E-state index is 12.7. The lowest BCUT2D eigenvalue weighted by Crippen LogP contribution is -2.31. The minimum Gasteiger partial charge on any atom is -0.322 e. The molecule has 1 aliphatic carbocycles. The first-order valence-electron chi connectivity index (χ1n) is 8.93. The molecule has 0 spiro atoms. The van der Waals surface area contributed by atoms with Crippen molar-refractivity contribution in [2.75, 3.05) is 5.32 Å². The minimum atomic E-state index is -3.87. The number of benzene rings is 2. The molecule has 2 aromatic carbocycles. The van der Waals surface area contributed by atoms with E-state index in [1.54, 1.807) is 0 Å². The average Bonchev–Trinajstić information content (AvgIpc) is 3.43. The van der Waals surface area contributed by atoms with Crippen LogP contribution in [0.2, 0.25) is 0 Å². The van der Waals surface area contributed by atoms with Crippen molar-refractivity contribution in [2.24, 2.45) is 0 Å². The highest BCUT2D eigenvalue weighted by Gasteiger charge is 2.48. The predicted molar refractivity (Wildman–Crippen MR) is 101 cm³/mol. The maximum atomic E-state index is 12.7. The van der Waals surface area contributed by atoms with Gasteiger partial charge in [0.05, 0.1) is 5.56 Å². The van der Waals surface area contributed by atoms with Crippen LogP contribution in [0.5, 0.6) is 0 Å². The van der Waals surface area contributed by atoms with E-state index in [4.69, 9.17) is 0 Å². The van der Waals surface area contributed by atoms with Crippen LogP contribution in [0.15, 0.2) is 47.4 Å². The lowest BCUT2D eigenvalue weighted by Gasteiger charge is -2.13. The summed E-state index contributed by atoms with van der Waals surface area (Å²) < 4.78 is 26.3. The highest BCUT2D eigenvalue weighted by atomic mass is 32.2. The number of fused-ring (bicyclic) bond motifs is 1. The van der Waals surface area contributed by atoms with E-state index >= 15 is 0 Å². The lowest BCUT2D eigenvalue weighted by atomic mass is 10.0. The molecule has 2 aromatic rings. The van der Waals surface area contributed by atoms with Gasteiger partial charge in [0.25, 0.3) is 21.8 Å². The first-order chi connectivity index (χ1) is 12.8. The normalized spacial score (nSPS) is 17.9. The molecule has 0 bridgehead atoms. The number of nitrogens with zero attached hydrogens (tertiary/aromatic N) is 1. The fourth-order valence-electron chi connectivity index (χ4n) is 3.21. The summed E-state index contributed by atoms with van der Waals surface area (Å²) in [6.45, 7) is 4.18. The molecule has 1 fully saturated rings. The van der Waals surface area contributed by atoms with Gasteiger partial charge in [-0.15, -0.1) is 0 Å². The van der Waals surface area contributed by atoms with Crippen LogP contribution in [0.25, 0.3) is 0 Å². The average molecular weight is 384 g/mol. The van der Waals surface area contributed by atoms with Crippen molar-refractivity contribution < 1.29 is 18.0 Å². The molecule has 6 nitrogen and oxygen atoms in total. The molecule has 140 valence electrons. The van der Waals surface area contributed by atoms with Gasteiger partial charge in [-0.05, 0) is 54.7 Å². The predicted octanol–water partition coefficient (Wildman–Crippen LogP) is 3.37. The minimum absolute atomic E-state index is 0.0813. The molecular weight excluding hydrogens is 364 g/mol. The standard InChI is InChI=1S/C20H20N2O4S/c1-12(2)13-3-6-15(7-4-13)21-19(23)14-5-10-17-18(11-14)27(25,26)22(20(17)24)16-8-9-16/h3-7,10-12,16H,8-9H2,1-2H3,(H,21,23). The number of rotatable bonds is 4. The first-order valence-corrected chi connectivity index (χ1v) is 10.4. The zero-order chi connectivity index (χ0) is 19.3.